The highest BCUT2D eigenvalue weighted by molar-refractivity contribution is 6.03. The number of rotatable bonds is 6. The van der Waals surface area contributed by atoms with Crippen LogP contribution in [0.5, 0.6) is 5.75 Å². The number of anilines is 1. The predicted molar refractivity (Wildman–Crippen MR) is 135 cm³/mol. The summed E-state index contributed by atoms with van der Waals surface area (Å²) in [7, 11) is 0. The second-order valence-corrected chi connectivity index (χ2v) is 10.2. The lowest BCUT2D eigenvalue weighted by molar-refractivity contribution is -0.123. The summed E-state index contributed by atoms with van der Waals surface area (Å²) in [5, 5.41) is 23.7. The van der Waals surface area contributed by atoms with Gasteiger partial charge in [0.2, 0.25) is 0 Å². The number of pyridine rings is 2. The predicted octanol–water partition coefficient (Wildman–Crippen LogP) is 5.23. The summed E-state index contributed by atoms with van der Waals surface area (Å²) in [6, 6.07) is 5.62. The van der Waals surface area contributed by atoms with E-state index < -0.39 is 46.3 Å². The van der Waals surface area contributed by atoms with Crippen LogP contribution >= 0.6 is 0 Å². The zero-order valence-corrected chi connectivity index (χ0v) is 21.5. The Kier molecular flexibility index (Phi) is 7.75. The number of carbonyl (C=O) groups excluding carboxylic acids is 1. The normalized spacial score (nSPS) is 23.4. The fourth-order valence-electron chi connectivity index (χ4n) is 4.76. The Labute approximate surface area is 218 Å². The van der Waals surface area contributed by atoms with Gasteiger partial charge in [-0.1, -0.05) is 6.92 Å². The molecule has 1 fully saturated rings. The first-order chi connectivity index (χ1) is 17.9. The highest BCUT2D eigenvalue weighted by Crippen LogP contribution is 2.43. The van der Waals surface area contributed by atoms with Crippen LogP contribution in [-0.2, 0) is 0 Å². The number of ether oxygens (including phenoxy) is 1. The minimum absolute atomic E-state index is 0.0548. The molecule has 4 rings (SSSR count). The number of aromatic nitrogens is 2. The Hall–Kier alpha value is -3.50. The van der Waals surface area contributed by atoms with Crippen LogP contribution in [0.25, 0.3) is 11.3 Å². The number of halogens is 3. The van der Waals surface area contributed by atoms with Gasteiger partial charge in [0, 0.05) is 18.3 Å². The van der Waals surface area contributed by atoms with Gasteiger partial charge in [0.05, 0.1) is 35.3 Å². The lowest BCUT2D eigenvalue weighted by Crippen LogP contribution is -2.49. The fraction of sp³-hybridized carbons (Fsp3) is 0.393. The van der Waals surface area contributed by atoms with Crippen molar-refractivity contribution < 1.29 is 32.9 Å². The number of nitrogens with one attached hydrogen (secondary N) is 1. The molecular formula is C28H30F3N3O4. The molecule has 0 aliphatic heterocycles. The summed E-state index contributed by atoms with van der Waals surface area (Å²) in [5.74, 6) is -4.35. The molecule has 4 atom stereocenters. The van der Waals surface area contributed by atoms with Crippen molar-refractivity contribution in [3.05, 3.63) is 71.4 Å². The van der Waals surface area contributed by atoms with Crippen LogP contribution in [0.3, 0.4) is 0 Å². The van der Waals surface area contributed by atoms with Crippen LogP contribution in [0.1, 0.15) is 62.5 Å². The lowest BCUT2D eigenvalue weighted by atomic mass is 9.69. The van der Waals surface area contributed by atoms with Crippen molar-refractivity contribution in [3.8, 4) is 17.0 Å². The Morgan fingerprint density at radius 3 is 2.45 bits per heavy atom. The standard InChI is InChI=1S/C28H30F3N3O4/c1-14(2)38-17-11-20(30)25(21(31)12-17)26-19(29)5-6-22(33-26)27(36)34-23-13-32-8-7-18(23)16-9-15(3)28(4,37)24(35)10-16/h5-8,11-16,24,35,37H,9-10H2,1-4H3,(H,34,36)/t15-,16+,24+,28+/m0/s1. The van der Waals surface area contributed by atoms with E-state index in [0.717, 1.165) is 24.3 Å². The van der Waals surface area contributed by atoms with E-state index in [9.17, 15) is 28.2 Å². The smallest absolute Gasteiger partial charge is 0.274 e. The van der Waals surface area contributed by atoms with E-state index >= 15 is 0 Å². The van der Waals surface area contributed by atoms with Crippen LogP contribution in [-0.4, -0.2) is 43.9 Å². The van der Waals surface area contributed by atoms with E-state index in [1.165, 1.54) is 6.20 Å². The topological polar surface area (TPSA) is 105 Å². The molecule has 1 saturated carbocycles. The molecule has 3 aromatic rings. The fourth-order valence-corrected chi connectivity index (χ4v) is 4.76. The van der Waals surface area contributed by atoms with Crippen molar-refractivity contribution in [2.24, 2.45) is 5.92 Å². The molecule has 2 heterocycles. The Balaban J connectivity index is 1.62. The maximum atomic E-state index is 14.8. The Bertz CT molecular complexity index is 1310. The Morgan fingerprint density at radius 2 is 1.82 bits per heavy atom. The first-order valence-electron chi connectivity index (χ1n) is 12.4. The number of aliphatic hydroxyl groups is 2. The molecule has 2 aromatic heterocycles. The number of aliphatic hydroxyl groups excluding tert-OH is 1. The van der Waals surface area contributed by atoms with Gasteiger partial charge < -0.3 is 20.3 Å². The maximum absolute atomic E-state index is 14.8. The summed E-state index contributed by atoms with van der Waals surface area (Å²) in [6.07, 6.45) is 2.54. The molecule has 1 amide bonds. The van der Waals surface area contributed by atoms with E-state index in [-0.39, 0.29) is 35.8 Å². The second kappa shape index (κ2) is 10.7. The number of nitrogens with zero attached hydrogens (tertiary/aromatic N) is 2. The number of amides is 1. The average molecular weight is 530 g/mol. The second-order valence-electron chi connectivity index (χ2n) is 10.2. The van der Waals surface area contributed by atoms with Gasteiger partial charge in [0.25, 0.3) is 5.91 Å². The van der Waals surface area contributed by atoms with Crippen molar-refractivity contribution in [2.45, 2.75) is 64.3 Å². The molecular weight excluding hydrogens is 499 g/mol. The van der Waals surface area contributed by atoms with Gasteiger partial charge in [-0.25, -0.2) is 18.2 Å². The van der Waals surface area contributed by atoms with Gasteiger partial charge in [0.15, 0.2) is 0 Å². The monoisotopic (exact) mass is 529 g/mol. The summed E-state index contributed by atoms with van der Waals surface area (Å²) >= 11 is 0. The lowest BCUT2D eigenvalue weighted by Gasteiger charge is -2.43. The minimum atomic E-state index is -1.23. The molecule has 0 bridgehead atoms. The SMILES string of the molecule is CC(C)Oc1cc(F)c(-c2nc(C(=O)Nc3cnccc3[C@H]3C[C@@H](O)[C@](C)(O)[C@@H](C)C3)ccc2F)c(F)c1. The highest BCUT2D eigenvalue weighted by atomic mass is 19.1. The van der Waals surface area contributed by atoms with Crippen molar-refractivity contribution in [3.63, 3.8) is 0 Å². The van der Waals surface area contributed by atoms with Gasteiger partial charge >= 0.3 is 0 Å². The number of benzene rings is 1. The molecule has 0 unspecified atom stereocenters. The van der Waals surface area contributed by atoms with Crippen LogP contribution in [0.4, 0.5) is 18.9 Å². The summed E-state index contributed by atoms with van der Waals surface area (Å²) in [4.78, 5) is 21.1. The molecule has 1 aromatic carbocycles. The minimum Gasteiger partial charge on any atom is -0.491 e. The average Bonchev–Trinajstić information content (AvgIpc) is 2.83. The number of hydrogen-bond acceptors (Lipinski definition) is 6. The molecule has 0 spiro atoms. The van der Waals surface area contributed by atoms with Crippen LogP contribution in [0.15, 0.2) is 42.7 Å². The third-order valence-electron chi connectivity index (χ3n) is 7.06. The zero-order chi connectivity index (χ0) is 27.8. The quantitative estimate of drug-likeness (QED) is 0.404. The molecule has 1 aliphatic rings. The molecule has 10 heteroatoms. The zero-order valence-electron chi connectivity index (χ0n) is 21.5. The summed E-state index contributed by atoms with van der Waals surface area (Å²) in [6.45, 7) is 6.84. The van der Waals surface area contributed by atoms with Crippen LogP contribution in [0, 0.1) is 23.4 Å². The van der Waals surface area contributed by atoms with Crippen LogP contribution < -0.4 is 10.1 Å². The van der Waals surface area contributed by atoms with Crippen molar-refractivity contribution in [2.75, 3.05) is 5.32 Å². The van der Waals surface area contributed by atoms with Gasteiger partial charge in [-0.2, -0.15) is 0 Å². The summed E-state index contributed by atoms with van der Waals surface area (Å²) < 4.78 is 49.6. The molecule has 7 nitrogen and oxygen atoms in total. The Morgan fingerprint density at radius 1 is 1.13 bits per heavy atom. The first kappa shape index (κ1) is 27.5. The van der Waals surface area contributed by atoms with E-state index in [2.05, 4.69) is 15.3 Å². The molecule has 1 aliphatic carbocycles. The van der Waals surface area contributed by atoms with Crippen LogP contribution in [0.2, 0.25) is 0 Å². The molecule has 38 heavy (non-hydrogen) atoms. The van der Waals surface area contributed by atoms with Gasteiger partial charge in [-0.15, -0.1) is 0 Å². The number of carbonyl (C=O) groups is 1. The van der Waals surface area contributed by atoms with E-state index in [1.807, 2.05) is 6.92 Å². The third kappa shape index (κ3) is 5.51. The third-order valence-corrected chi connectivity index (χ3v) is 7.06. The molecule has 0 saturated heterocycles. The number of hydrogen-bond donors (Lipinski definition) is 3. The van der Waals surface area contributed by atoms with E-state index in [4.69, 9.17) is 4.74 Å². The van der Waals surface area contributed by atoms with Crippen molar-refractivity contribution in [1.29, 1.82) is 0 Å². The van der Waals surface area contributed by atoms with E-state index in [1.54, 1.807) is 33.0 Å². The van der Waals surface area contributed by atoms with Gasteiger partial charge in [-0.3, -0.25) is 9.78 Å². The van der Waals surface area contributed by atoms with Gasteiger partial charge in [0.1, 0.15) is 34.6 Å². The van der Waals surface area contributed by atoms with Gasteiger partial charge in [-0.05, 0) is 69.2 Å². The molecule has 3 N–H and O–H groups in total. The first-order valence-corrected chi connectivity index (χ1v) is 12.4. The van der Waals surface area contributed by atoms with Crippen molar-refractivity contribution >= 4 is 11.6 Å². The molecule has 0 radical (unpaired) electrons. The van der Waals surface area contributed by atoms with E-state index in [0.29, 0.717) is 17.7 Å². The maximum Gasteiger partial charge on any atom is 0.274 e. The largest absolute Gasteiger partial charge is 0.491 e. The highest BCUT2D eigenvalue weighted by Gasteiger charge is 2.43. The summed E-state index contributed by atoms with van der Waals surface area (Å²) in [5.41, 5.74) is -1.81. The van der Waals surface area contributed by atoms with Crippen molar-refractivity contribution in [1.82, 2.24) is 9.97 Å². The molecule has 202 valence electrons.